The van der Waals surface area contributed by atoms with Crippen molar-refractivity contribution < 1.29 is 9.47 Å². The number of rotatable bonds is 5. The van der Waals surface area contributed by atoms with Crippen LogP contribution in [0.4, 0.5) is 0 Å². The SMILES string of the molecule is COc1cc(/C=C/Sc2ccccn2)cc(OC)c1. The average Bonchev–Trinajstić information content (AvgIpc) is 2.48. The van der Waals surface area contributed by atoms with Gasteiger partial charge < -0.3 is 9.47 Å². The van der Waals surface area contributed by atoms with Gasteiger partial charge in [0.05, 0.1) is 14.2 Å². The first-order valence-corrected chi connectivity index (χ1v) is 6.67. The van der Waals surface area contributed by atoms with Crippen LogP contribution in [0, 0.1) is 0 Å². The molecule has 0 radical (unpaired) electrons. The van der Waals surface area contributed by atoms with Crippen molar-refractivity contribution in [3.05, 3.63) is 53.6 Å². The highest BCUT2D eigenvalue weighted by Crippen LogP contribution is 2.24. The van der Waals surface area contributed by atoms with E-state index < -0.39 is 0 Å². The van der Waals surface area contributed by atoms with E-state index in [2.05, 4.69) is 4.98 Å². The molecule has 0 aliphatic carbocycles. The van der Waals surface area contributed by atoms with E-state index in [4.69, 9.17) is 9.47 Å². The summed E-state index contributed by atoms with van der Waals surface area (Å²) in [6, 6.07) is 11.6. The summed E-state index contributed by atoms with van der Waals surface area (Å²) in [6.45, 7) is 0. The van der Waals surface area contributed by atoms with E-state index in [1.165, 1.54) is 0 Å². The first kappa shape index (κ1) is 13.5. The molecule has 0 saturated carbocycles. The number of ether oxygens (including phenoxy) is 2. The van der Waals surface area contributed by atoms with Crippen LogP contribution in [0.25, 0.3) is 6.08 Å². The maximum Gasteiger partial charge on any atom is 0.123 e. The Hall–Kier alpha value is -1.94. The largest absolute Gasteiger partial charge is 0.497 e. The standard InChI is InChI=1S/C15H15NO2S/c1-17-13-9-12(10-14(11-13)18-2)6-8-19-15-5-3-4-7-16-15/h3-11H,1-2H3/b8-6+. The molecule has 98 valence electrons. The van der Waals surface area contributed by atoms with Crippen LogP contribution in [0.5, 0.6) is 11.5 Å². The maximum atomic E-state index is 5.23. The number of hydrogen-bond donors (Lipinski definition) is 0. The molecule has 2 rings (SSSR count). The van der Waals surface area contributed by atoms with Gasteiger partial charge in [-0.2, -0.15) is 0 Å². The van der Waals surface area contributed by atoms with Crippen molar-refractivity contribution in [2.24, 2.45) is 0 Å². The van der Waals surface area contributed by atoms with E-state index in [1.807, 2.05) is 47.9 Å². The molecule has 0 atom stereocenters. The molecule has 0 spiro atoms. The summed E-state index contributed by atoms with van der Waals surface area (Å²) in [5.74, 6) is 1.56. The van der Waals surface area contributed by atoms with E-state index in [1.54, 1.807) is 32.2 Å². The summed E-state index contributed by atoms with van der Waals surface area (Å²) in [4.78, 5) is 4.24. The number of hydrogen-bond acceptors (Lipinski definition) is 4. The minimum Gasteiger partial charge on any atom is -0.497 e. The highest BCUT2D eigenvalue weighted by molar-refractivity contribution is 8.02. The van der Waals surface area contributed by atoms with Gasteiger partial charge in [-0.3, -0.25) is 0 Å². The minimum absolute atomic E-state index is 0.779. The van der Waals surface area contributed by atoms with E-state index in [0.29, 0.717) is 0 Å². The van der Waals surface area contributed by atoms with Gasteiger partial charge in [0.15, 0.2) is 0 Å². The van der Waals surface area contributed by atoms with Crippen molar-refractivity contribution in [1.29, 1.82) is 0 Å². The van der Waals surface area contributed by atoms with E-state index in [-0.39, 0.29) is 0 Å². The number of thioether (sulfide) groups is 1. The normalized spacial score (nSPS) is 10.6. The van der Waals surface area contributed by atoms with Gasteiger partial charge in [0, 0.05) is 12.3 Å². The predicted molar refractivity (Wildman–Crippen MR) is 78.7 cm³/mol. The number of nitrogens with zero attached hydrogens (tertiary/aromatic N) is 1. The topological polar surface area (TPSA) is 31.4 Å². The lowest BCUT2D eigenvalue weighted by molar-refractivity contribution is 0.394. The molecule has 0 amide bonds. The van der Waals surface area contributed by atoms with Gasteiger partial charge in [-0.1, -0.05) is 17.8 Å². The third-order valence-electron chi connectivity index (χ3n) is 2.46. The molecule has 0 unspecified atom stereocenters. The molecule has 0 bridgehead atoms. The van der Waals surface area contributed by atoms with Crippen molar-refractivity contribution in [1.82, 2.24) is 4.98 Å². The third-order valence-corrected chi connectivity index (χ3v) is 3.22. The molecule has 2 aromatic rings. The van der Waals surface area contributed by atoms with Crippen molar-refractivity contribution >= 4 is 17.8 Å². The van der Waals surface area contributed by atoms with Crippen LogP contribution in [0.2, 0.25) is 0 Å². The van der Waals surface area contributed by atoms with Crippen LogP contribution in [0.3, 0.4) is 0 Å². The Labute approximate surface area is 117 Å². The zero-order valence-electron chi connectivity index (χ0n) is 10.9. The summed E-state index contributed by atoms with van der Waals surface area (Å²) in [6.07, 6.45) is 3.79. The van der Waals surface area contributed by atoms with Crippen LogP contribution >= 0.6 is 11.8 Å². The van der Waals surface area contributed by atoms with Gasteiger partial charge >= 0.3 is 0 Å². The second-order valence-corrected chi connectivity index (χ2v) is 4.66. The molecule has 4 heteroatoms. The molecule has 1 aromatic heterocycles. The lowest BCUT2D eigenvalue weighted by atomic mass is 10.2. The first-order valence-electron chi connectivity index (χ1n) is 5.79. The van der Waals surface area contributed by atoms with Crippen LogP contribution in [0.1, 0.15) is 5.56 Å². The molecular weight excluding hydrogens is 258 g/mol. The fourth-order valence-electron chi connectivity index (χ4n) is 1.52. The zero-order valence-corrected chi connectivity index (χ0v) is 11.7. The Morgan fingerprint density at radius 2 is 1.79 bits per heavy atom. The van der Waals surface area contributed by atoms with E-state index >= 15 is 0 Å². The monoisotopic (exact) mass is 273 g/mol. The molecule has 0 fully saturated rings. The Kier molecular flexibility index (Phi) is 4.86. The van der Waals surface area contributed by atoms with Crippen molar-refractivity contribution in [2.45, 2.75) is 5.03 Å². The molecule has 19 heavy (non-hydrogen) atoms. The molecule has 1 aromatic carbocycles. The van der Waals surface area contributed by atoms with Crippen LogP contribution in [-0.4, -0.2) is 19.2 Å². The smallest absolute Gasteiger partial charge is 0.123 e. The number of pyridine rings is 1. The number of benzene rings is 1. The predicted octanol–water partition coefficient (Wildman–Crippen LogP) is 3.86. The summed E-state index contributed by atoms with van der Waals surface area (Å²) in [7, 11) is 3.29. The maximum absolute atomic E-state index is 5.23. The van der Waals surface area contributed by atoms with E-state index in [9.17, 15) is 0 Å². The second kappa shape index (κ2) is 6.85. The Bertz CT molecular complexity index is 533. The van der Waals surface area contributed by atoms with Crippen LogP contribution < -0.4 is 9.47 Å². The zero-order chi connectivity index (χ0) is 13.5. The lowest BCUT2D eigenvalue weighted by Gasteiger charge is -2.05. The van der Waals surface area contributed by atoms with Gasteiger partial charge in [0.2, 0.25) is 0 Å². The summed E-state index contributed by atoms with van der Waals surface area (Å²) < 4.78 is 10.5. The molecule has 3 nitrogen and oxygen atoms in total. The second-order valence-electron chi connectivity index (χ2n) is 3.73. The third kappa shape index (κ3) is 4.03. The molecular formula is C15H15NO2S. The van der Waals surface area contributed by atoms with Crippen LogP contribution in [0.15, 0.2) is 53.0 Å². The molecule has 1 heterocycles. The van der Waals surface area contributed by atoms with E-state index in [0.717, 1.165) is 22.1 Å². The molecule has 0 saturated heterocycles. The Balaban J connectivity index is 2.10. The summed E-state index contributed by atoms with van der Waals surface area (Å²) in [5.41, 5.74) is 1.03. The first-order chi connectivity index (χ1) is 9.31. The average molecular weight is 273 g/mol. The van der Waals surface area contributed by atoms with Crippen molar-refractivity contribution in [2.75, 3.05) is 14.2 Å². The lowest BCUT2D eigenvalue weighted by Crippen LogP contribution is -1.87. The fraction of sp³-hybridized carbons (Fsp3) is 0.133. The number of aromatic nitrogens is 1. The van der Waals surface area contributed by atoms with Crippen molar-refractivity contribution in [3.8, 4) is 11.5 Å². The minimum atomic E-state index is 0.779. The van der Waals surface area contributed by atoms with Crippen molar-refractivity contribution in [3.63, 3.8) is 0 Å². The highest BCUT2D eigenvalue weighted by Gasteiger charge is 1.99. The summed E-state index contributed by atoms with van der Waals surface area (Å²) >= 11 is 1.57. The highest BCUT2D eigenvalue weighted by atomic mass is 32.2. The number of methoxy groups -OCH3 is 2. The molecule has 0 aliphatic heterocycles. The fourth-order valence-corrected chi connectivity index (χ4v) is 2.17. The van der Waals surface area contributed by atoms with Gasteiger partial charge in [-0.15, -0.1) is 0 Å². The van der Waals surface area contributed by atoms with Crippen LogP contribution in [-0.2, 0) is 0 Å². The van der Waals surface area contributed by atoms with Gasteiger partial charge in [-0.25, -0.2) is 4.98 Å². The van der Waals surface area contributed by atoms with Gasteiger partial charge in [0.25, 0.3) is 0 Å². The quantitative estimate of drug-likeness (QED) is 0.774. The van der Waals surface area contributed by atoms with Gasteiger partial charge in [-0.05, 0) is 41.3 Å². The molecule has 0 N–H and O–H groups in total. The Morgan fingerprint density at radius 3 is 2.37 bits per heavy atom. The summed E-state index contributed by atoms with van der Waals surface area (Å²) in [5, 5.41) is 2.96. The molecule has 0 aliphatic rings. The Morgan fingerprint density at radius 1 is 1.05 bits per heavy atom. The van der Waals surface area contributed by atoms with Gasteiger partial charge in [0.1, 0.15) is 16.5 Å².